The highest BCUT2D eigenvalue weighted by Gasteiger charge is 2.21. The van der Waals surface area contributed by atoms with E-state index in [-0.39, 0.29) is 20.8 Å². The van der Waals surface area contributed by atoms with Gasteiger partial charge in [-0.3, -0.25) is 4.72 Å². The molecular formula is C13H8Cl2FN3O2S. The number of H-pyrrole nitrogens is 1. The van der Waals surface area contributed by atoms with E-state index >= 15 is 0 Å². The van der Waals surface area contributed by atoms with Crippen molar-refractivity contribution in [2.75, 3.05) is 4.72 Å². The van der Waals surface area contributed by atoms with Gasteiger partial charge >= 0.3 is 0 Å². The van der Waals surface area contributed by atoms with E-state index in [1.165, 1.54) is 30.5 Å². The van der Waals surface area contributed by atoms with Crippen molar-refractivity contribution in [1.82, 2.24) is 9.97 Å². The molecule has 114 valence electrons. The standard InChI is InChI=1S/C13H8Cl2FN3O2S/c14-11-5-4-7-10(6-17-13(7)18-11)22(20,21)19-9-3-1-2-8(16)12(9)15/h1-6,19H,(H,17,18). The lowest BCUT2D eigenvalue weighted by Crippen LogP contribution is -2.13. The van der Waals surface area contributed by atoms with Gasteiger partial charge in [0.15, 0.2) is 0 Å². The summed E-state index contributed by atoms with van der Waals surface area (Å²) in [6.45, 7) is 0. The van der Waals surface area contributed by atoms with E-state index in [2.05, 4.69) is 14.7 Å². The van der Waals surface area contributed by atoms with Crippen LogP contribution in [-0.4, -0.2) is 18.4 Å². The number of fused-ring (bicyclic) bond motifs is 1. The first-order chi connectivity index (χ1) is 10.4. The first-order valence-corrected chi connectivity index (χ1v) is 8.23. The van der Waals surface area contributed by atoms with Crippen molar-refractivity contribution in [3.8, 4) is 0 Å². The van der Waals surface area contributed by atoms with Crippen LogP contribution in [0.5, 0.6) is 0 Å². The van der Waals surface area contributed by atoms with E-state index in [1.54, 1.807) is 0 Å². The third kappa shape index (κ3) is 2.63. The second-order valence-electron chi connectivity index (χ2n) is 4.39. The molecule has 2 N–H and O–H groups in total. The van der Waals surface area contributed by atoms with Gasteiger partial charge < -0.3 is 4.98 Å². The van der Waals surface area contributed by atoms with Gasteiger partial charge in [-0.15, -0.1) is 0 Å². The fourth-order valence-electron chi connectivity index (χ4n) is 1.96. The fraction of sp³-hybridized carbons (Fsp3) is 0. The Hall–Kier alpha value is -1.83. The minimum atomic E-state index is -3.96. The van der Waals surface area contributed by atoms with Crippen LogP contribution >= 0.6 is 23.2 Å². The number of nitrogens with zero attached hydrogens (tertiary/aromatic N) is 1. The van der Waals surface area contributed by atoms with Crippen LogP contribution in [-0.2, 0) is 10.0 Å². The number of pyridine rings is 1. The molecule has 0 unspecified atom stereocenters. The summed E-state index contributed by atoms with van der Waals surface area (Å²) in [6, 6.07) is 6.87. The Labute approximate surface area is 135 Å². The SMILES string of the molecule is O=S(=O)(Nc1cccc(F)c1Cl)c1c[nH]c2nc(Cl)ccc12. The predicted octanol–water partition coefficient (Wildman–Crippen LogP) is 3.81. The summed E-state index contributed by atoms with van der Waals surface area (Å²) >= 11 is 11.5. The van der Waals surface area contributed by atoms with Gasteiger partial charge in [-0.25, -0.2) is 17.8 Å². The molecule has 2 aromatic heterocycles. The molecule has 0 spiro atoms. The topological polar surface area (TPSA) is 74.8 Å². The fourth-order valence-corrected chi connectivity index (χ4v) is 3.58. The molecule has 0 amide bonds. The Morgan fingerprint density at radius 1 is 1.18 bits per heavy atom. The van der Waals surface area contributed by atoms with Gasteiger partial charge in [-0.05, 0) is 24.3 Å². The molecule has 0 fully saturated rings. The van der Waals surface area contributed by atoms with Crippen molar-refractivity contribution in [3.63, 3.8) is 0 Å². The monoisotopic (exact) mass is 359 g/mol. The average Bonchev–Trinajstić information content (AvgIpc) is 2.87. The zero-order valence-corrected chi connectivity index (χ0v) is 13.1. The van der Waals surface area contributed by atoms with Crippen molar-refractivity contribution in [2.45, 2.75) is 4.90 Å². The van der Waals surface area contributed by atoms with Crippen molar-refractivity contribution in [1.29, 1.82) is 0 Å². The number of sulfonamides is 1. The summed E-state index contributed by atoms with van der Waals surface area (Å²) in [6.07, 6.45) is 1.28. The van der Waals surface area contributed by atoms with Gasteiger partial charge in [-0.1, -0.05) is 29.3 Å². The van der Waals surface area contributed by atoms with Crippen LogP contribution in [0.2, 0.25) is 10.2 Å². The van der Waals surface area contributed by atoms with Gasteiger partial charge in [0.25, 0.3) is 10.0 Å². The number of rotatable bonds is 3. The summed E-state index contributed by atoms with van der Waals surface area (Å²) in [4.78, 5) is 6.67. The van der Waals surface area contributed by atoms with Gasteiger partial charge in [0.2, 0.25) is 0 Å². The maximum Gasteiger partial charge on any atom is 0.264 e. The molecule has 0 aliphatic heterocycles. The van der Waals surface area contributed by atoms with Crippen molar-refractivity contribution < 1.29 is 12.8 Å². The molecular weight excluding hydrogens is 352 g/mol. The number of hydrogen-bond acceptors (Lipinski definition) is 3. The lowest BCUT2D eigenvalue weighted by molar-refractivity contribution is 0.602. The first-order valence-electron chi connectivity index (χ1n) is 5.99. The molecule has 1 aromatic carbocycles. The zero-order valence-electron chi connectivity index (χ0n) is 10.8. The molecule has 0 aliphatic rings. The number of aromatic amines is 1. The molecule has 0 atom stereocenters. The molecule has 3 aromatic rings. The van der Waals surface area contributed by atoms with E-state index < -0.39 is 15.8 Å². The third-order valence-corrected chi connectivity index (χ3v) is 4.95. The van der Waals surface area contributed by atoms with Crippen LogP contribution in [0.25, 0.3) is 11.0 Å². The maximum absolute atomic E-state index is 13.4. The summed E-state index contributed by atoms with van der Waals surface area (Å²) in [7, 11) is -3.96. The second-order valence-corrected chi connectivity index (χ2v) is 6.81. The van der Waals surface area contributed by atoms with Gasteiger partial charge in [0.05, 0.1) is 5.69 Å². The van der Waals surface area contributed by atoms with Crippen LogP contribution in [0, 0.1) is 5.82 Å². The normalized spacial score (nSPS) is 11.8. The Balaban J connectivity index is 2.07. The zero-order chi connectivity index (χ0) is 15.9. The molecule has 0 saturated heterocycles. The summed E-state index contributed by atoms with van der Waals surface area (Å²) < 4.78 is 40.6. The van der Waals surface area contributed by atoms with Gasteiger partial charge in [-0.2, -0.15) is 0 Å². The van der Waals surface area contributed by atoms with Crippen LogP contribution < -0.4 is 4.72 Å². The molecule has 0 radical (unpaired) electrons. The van der Waals surface area contributed by atoms with Gasteiger partial charge in [0.1, 0.15) is 26.5 Å². The molecule has 3 rings (SSSR count). The summed E-state index contributed by atoms with van der Waals surface area (Å²) in [5.74, 6) is -0.714. The van der Waals surface area contributed by atoms with Crippen LogP contribution in [0.3, 0.4) is 0 Å². The first kappa shape index (κ1) is 15.1. The van der Waals surface area contributed by atoms with Crippen LogP contribution in [0.15, 0.2) is 41.4 Å². The third-order valence-electron chi connectivity index (χ3n) is 2.95. The Morgan fingerprint density at radius 3 is 2.73 bits per heavy atom. The maximum atomic E-state index is 13.4. The Kier molecular flexibility index (Phi) is 3.72. The molecule has 22 heavy (non-hydrogen) atoms. The van der Waals surface area contributed by atoms with Gasteiger partial charge in [0, 0.05) is 11.6 Å². The van der Waals surface area contributed by atoms with Crippen LogP contribution in [0.1, 0.15) is 0 Å². The smallest absolute Gasteiger partial charge is 0.264 e. The van der Waals surface area contributed by atoms with E-state index in [4.69, 9.17) is 23.2 Å². The molecule has 9 heteroatoms. The van der Waals surface area contributed by atoms with E-state index in [1.807, 2.05) is 0 Å². The predicted molar refractivity (Wildman–Crippen MR) is 83.3 cm³/mol. The summed E-state index contributed by atoms with van der Waals surface area (Å²) in [5, 5.41) is 0.302. The molecule has 0 aliphatic carbocycles. The number of nitrogens with one attached hydrogen (secondary N) is 2. The highest BCUT2D eigenvalue weighted by atomic mass is 35.5. The minimum absolute atomic E-state index is 0.0352. The van der Waals surface area contributed by atoms with Crippen molar-refractivity contribution >= 4 is 49.9 Å². The van der Waals surface area contributed by atoms with E-state index in [0.29, 0.717) is 11.0 Å². The molecule has 0 bridgehead atoms. The average molecular weight is 360 g/mol. The lowest BCUT2D eigenvalue weighted by atomic mass is 10.3. The quantitative estimate of drug-likeness (QED) is 0.698. The van der Waals surface area contributed by atoms with Crippen molar-refractivity contribution in [3.05, 3.63) is 52.5 Å². The second kappa shape index (κ2) is 5.42. The number of hydrogen-bond donors (Lipinski definition) is 2. The number of aromatic nitrogens is 2. The minimum Gasteiger partial charge on any atom is -0.345 e. The molecule has 0 saturated carbocycles. The van der Waals surface area contributed by atoms with E-state index in [0.717, 1.165) is 6.07 Å². The number of anilines is 1. The Morgan fingerprint density at radius 2 is 1.95 bits per heavy atom. The number of halogens is 3. The van der Waals surface area contributed by atoms with E-state index in [9.17, 15) is 12.8 Å². The molecule has 2 heterocycles. The lowest BCUT2D eigenvalue weighted by Gasteiger charge is -2.09. The Bertz CT molecular complexity index is 973. The van der Waals surface area contributed by atoms with Crippen molar-refractivity contribution in [2.24, 2.45) is 0 Å². The molecule has 5 nitrogen and oxygen atoms in total. The highest BCUT2D eigenvalue weighted by Crippen LogP contribution is 2.29. The summed E-state index contributed by atoms with van der Waals surface area (Å²) in [5.41, 5.74) is 0.288. The highest BCUT2D eigenvalue weighted by molar-refractivity contribution is 7.93. The number of benzene rings is 1. The van der Waals surface area contributed by atoms with Crippen LogP contribution in [0.4, 0.5) is 10.1 Å². The largest absolute Gasteiger partial charge is 0.345 e.